The molecular weight excluding hydrogens is 208 g/mol. The molecule has 2 heterocycles. The van der Waals surface area contributed by atoms with Gasteiger partial charge in [0.05, 0.1) is 16.7 Å². The minimum Gasteiger partial charge on any atom is -0.383 e. The highest BCUT2D eigenvalue weighted by Gasteiger charge is 2.14. The molecule has 0 fully saturated rings. The molecule has 0 atom stereocenters. The Balaban J connectivity index is 2.67. The Morgan fingerprint density at radius 2 is 2.25 bits per heavy atom. The zero-order valence-electron chi connectivity index (χ0n) is 9.04. The molecule has 6 heteroatoms. The fourth-order valence-electron chi connectivity index (χ4n) is 1.61. The van der Waals surface area contributed by atoms with E-state index in [1.807, 2.05) is 13.8 Å². The first-order valence-electron chi connectivity index (χ1n) is 4.92. The quantitative estimate of drug-likeness (QED) is 0.619. The first-order chi connectivity index (χ1) is 7.50. The second kappa shape index (κ2) is 3.48. The molecule has 2 N–H and O–H groups in total. The van der Waals surface area contributed by atoms with Crippen molar-refractivity contribution in [3.05, 3.63) is 34.1 Å². The van der Waals surface area contributed by atoms with Crippen molar-refractivity contribution >= 4 is 17.2 Å². The SMILES string of the molecule is CC(C)c1nc2cc([N+](=O)[O-])ccn2c1N. The minimum absolute atomic E-state index is 0.0211. The summed E-state index contributed by atoms with van der Waals surface area (Å²) in [7, 11) is 0. The highest BCUT2D eigenvalue weighted by Crippen LogP contribution is 2.24. The number of anilines is 1. The van der Waals surface area contributed by atoms with E-state index in [2.05, 4.69) is 4.98 Å². The predicted molar refractivity (Wildman–Crippen MR) is 60.3 cm³/mol. The van der Waals surface area contributed by atoms with Crippen LogP contribution >= 0.6 is 0 Å². The van der Waals surface area contributed by atoms with Crippen molar-refractivity contribution in [1.29, 1.82) is 0 Å². The Labute approximate surface area is 91.9 Å². The third-order valence-corrected chi connectivity index (χ3v) is 2.43. The maximum absolute atomic E-state index is 10.6. The molecule has 2 aromatic rings. The van der Waals surface area contributed by atoms with Gasteiger partial charge in [-0.15, -0.1) is 0 Å². The topological polar surface area (TPSA) is 86.5 Å². The lowest BCUT2D eigenvalue weighted by Crippen LogP contribution is -1.97. The van der Waals surface area contributed by atoms with E-state index >= 15 is 0 Å². The van der Waals surface area contributed by atoms with Crippen LogP contribution in [0.5, 0.6) is 0 Å². The van der Waals surface area contributed by atoms with Crippen molar-refractivity contribution in [3.63, 3.8) is 0 Å². The van der Waals surface area contributed by atoms with Crippen molar-refractivity contribution in [2.45, 2.75) is 19.8 Å². The molecular formula is C10H12N4O2. The lowest BCUT2D eigenvalue weighted by atomic mass is 10.1. The number of nitrogens with two attached hydrogens (primary N) is 1. The van der Waals surface area contributed by atoms with Crippen molar-refractivity contribution in [1.82, 2.24) is 9.38 Å². The maximum Gasteiger partial charge on any atom is 0.274 e. The lowest BCUT2D eigenvalue weighted by Gasteiger charge is -2.00. The molecule has 2 rings (SSSR count). The molecule has 0 aliphatic heterocycles. The number of nitrogens with zero attached hydrogens (tertiary/aromatic N) is 3. The van der Waals surface area contributed by atoms with Crippen LogP contribution in [0.1, 0.15) is 25.5 Å². The van der Waals surface area contributed by atoms with E-state index < -0.39 is 4.92 Å². The first kappa shape index (κ1) is 10.4. The molecule has 0 aromatic carbocycles. The minimum atomic E-state index is -0.445. The predicted octanol–water partition coefficient (Wildman–Crippen LogP) is 1.95. The largest absolute Gasteiger partial charge is 0.383 e. The molecule has 0 saturated heterocycles. The Hall–Kier alpha value is -2.11. The molecule has 0 unspecified atom stereocenters. The Kier molecular flexibility index (Phi) is 2.26. The van der Waals surface area contributed by atoms with Crippen LogP contribution in [0.2, 0.25) is 0 Å². The van der Waals surface area contributed by atoms with Crippen LogP contribution in [0.4, 0.5) is 11.5 Å². The van der Waals surface area contributed by atoms with Gasteiger partial charge in [-0.25, -0.2) is 4.98 Å². The molecule has 6 nitrogen and oxygen atoms in total. The number of aromatic nitrogens is 2. The average Bonchev–Trinajstić information content (AvgIpc) is 2.55. The van der Waals surface area contributed by atoms with Gasteiger partial charge < -0.3 is 5.73 Å². The van der Waals surface area contributed by atoms with E-state index in [1.54, 1.807) is 10.6 Å². The number of hydrogen-bond acceptors (Lipinski definition) is 4. The van der Waals surface area contributed by atoms with Crippen LogP contribution in [-0.4, -0.2) is 14.3 Å². The Morgan fingerprint density at radius 1 is 1.56 bits per heavy atom. The average molecular weight is 220 g/mol. The van der Waals surface area contributed by atoms with Crippen molar-refractivity contribution in [3.8, 4) is 0 Å². The third kappa shape index (κ3) is 1.48. The van der Waals surface area contributed by atoms with E-state index in [4.69, 9.17) is 5.73 Å². The highest BCUT2D eigenvalue weighted by molar-refractivity contribution is 5.57. The third-order valence-electron chi connectivity index (χ3n) is 2.43. The zero-order valence-corrected chi connectivity index (χ0v) is 9.04. The number of nitro groups is 1. The van der Waals surface area contributed by atoms with Gasteiger partial charge in [0.1, 0.15) is 11.5 Å². The molecule has 0 aliphatic rings. The number of rotatable bonds is 2. The Morgan fingerprint density at radius 3 is 2.81 bits per heavy atom. The van der Waals surface area contributed by atoms with Crippen LogP contribution in [0.25, 0.3) is 5.65 Å². The lowest BCUT2D eigenvalue weighted by molar-refractivity contribution is -0.384. The molecule has 0 aliphatic carbocycles. The van der Waals surface area contributed by atoms with E-state index in [0.29, 0.717) is 11.5 Å². The van der Waals surface area contributed by atoms with Gasteiger partial charge in [-0.05, 0) is 5.92 Å². The molecule has 0 radical (unpaired) electrons. The maximum atomic E-state index is 10.6. The molecule has 84 valence electrons. The van der Waals surface area contributed by atoms with Gasteiger partial charge in [0.15, 0.2) is 0 Å². The van der Waals surface area contributed by atoms with Crippen LogP contribution in [0.15, 0.2) is 18.3 Å². The second-order valence-electron chi connectivity index (χ2n) is 3.91. The normalized spacial score (nSPS) is 11.2. The van der Waals surface area contributed by atoms with E-state index in [0.717, 1.165) is 5.69 Å². The fourth-order valence-corrected chi connectivity index (χ4v) is 1.61. The van der Waals surface area contributed by atoms with Gasteiger partial charge in [0.25, 0.3) is 5.69 Å². The number of fused-ring (bicyclic) bond motifs is 1. The molecule has 2 aromatic heterocycles. The van der Waals surface area contributed by atoms with Crippen molar-refractivity contribution < 1.29 is 4.92 Å². The first-order valence-corrected chi connectivity index (χ1v) is 4.92. The summed E-state index contributed by atoms with van der Waals surface area (Å²) in [6.45, 7) is 3.96. The molecule has 0 saturated carbocycles. The summed E-state index contributed by atoms with van der Waals surface area (Å²) < 4.78 is 1.66. The molecule has 16 heavy (non-hydrogen) atoms. The van der Waals surface area contributed by atoms with Gasteiger partial charge in [0, 0.05) is 12.3 Å². The standard InChI is InChI=1S/C10H12N4O2/c1-6(2)9-10(11)13-4-3-7(14(15)16)5-8(13)12-9/h3-6H,11H2,1-2H3. The van der Waals surface area contributed by atoms with E-state index in [9.17, 15) is 10.1 Å². The zero-order chi connectivity index (χ0) is 11.9. The van der Waals surface area contributed by atoms with Gasteiger partial charge in [-0.3, -0.25) is 14.5 Å². The van der Waals surface area contributed by atoms with Crippen LogP contribution in [-0.2, 0) is 0 Å². The number of imidazole rings is 1. The number of hydrogen-bond donors (Lipinski definition) is 1. The van der Waals surface area contributed by atoms with Gasteiger partial charge in [-0.1, -0.05) is 13.8 Å². The van der Waals surface area contributed by atoms with Gasteiger partial charge in [0.2, 0.25) is 0 Å². The monoisotopic (exact) mass is 220 g/mol. The summed E-state index contributed by atoms with van der Waals surface area (Å²) in [6, 6.07) is 2.83. The molecule has 0 amide bonds. The summed E-state index contributed by atoms with van der Waals surface area (Å²) in [5.41, 5.74) is 7.19. The Bertz CT molecular complexity index is 559. The number of pyridine rings is 1. The van der Waals surface area contributed by atoms with E-state index in [1.165, 1.54) is 12.1 Å². The van der Waals surface area contributed by atoms with Crippen LogP contribution in [0.3, 0.4) is 0 Å². The fraction of sp³-hybridized carbons (Fsp3) is 0.300. The number of nitrogen functional groups attached to an aromatic ring is 1. The van der Waals surface area contributed by atoms with Gasteiger partial charge in [-0.2, -0.15) is 0 Å². The summed E-state index contributed by atoms with van der Waals surface area (Å²) in [5, 5.41) is 10.6. The molecule has 0 bridgehead atoms. The second-order valence-corrected chi connectivity index (χ2v) is 3.91. The van der Waals surface area contributed by atoms with Crippen molar-refractivity contribution in [2.75, 3.05) is 5.73 Å². The van der Waals surface area contributed by atoms with Gasteiger partial charge >= 0.3 is 0 Å². The van der Waals surface area contributed by atoms with Crippen molar-refractivity contribution in [2.24, 2.45) is 0 Å². The summed E-state index contributed by atoms with van der Waals surface area (Å²) in [4.78, 5) is 14.5. The van der Waals surface area contributed by atoms with E-state index in [-0.39, 0.29) is 11.6 Å². The smallest absolute Gasteiger partial charge is 0.274 e. The summed E-state index contributed by atoms with van der Waals surface area (Å²) >= 11 is 0. The summed E-state index contributed by atoms with van der Waals surface area (Å²) in [5.74, 6) is 0.735. The summed E-state index contributed by atoms with van der Waals surface area (Å²) in [6.07, 6.45) is 1.57. The highest BCUT2D eigenvalue weighted by atomic mass is 16.6. The van der Waals surface area contributed by atoms with Crippen LogP contribution in [0, 0.1) is 10.1 Å². The van der Waals surface area contributed by atoms with Crippen LogP contribution < -0.4 is 5.73 Å². The molecule has 0 spiro atoms.